The zero-order chi connectivity index (χ0) is 14.6. The summed E-state index contributed by atoms with van der Waals surface area (Å²) in [4.78, 5) is 11.8. The third kappa shape index (κ3) is 4.21. The van der Waals surface area contributed by atoms with Crippen molar-refractivity contribution in [1.82, 2.24) is 5.32 Å². The Balaban J connectivity index is 0.00000220. The van der Waals surface area contributed by atoms with E-state index in [-0.39, 0.29) is 23.7 Å². The Bertz CT molecular complexity index is 468. The van der Waals surface area contributed by atoms with Gasteiger partial charge in [-0.2, -0.15) is 0 Å². The van der Waals surface area contributed by atoms with Gasteiger partial charge in [0.25, 0.3) is 0 Å². The van der Waals surface area contributed by atoms with E-state index in [0.717, 1.165) is 12.8 Å². The minimum atomic E-state index is -0.437. The molecule has 0 radical (unpaired) electrons. The van der Waals surface area contributed by atoms with E-state index in [1.807, 2.05) is 0 Å². The summed E-state index contributed by atoms with van der Waals surface area (Å²) in [5, 5.41) is 3.05. The number of halogens is 1. The molecule has 118 valence electrons. The maximum Gasteiger partial charge on any atom is 0.236 e. The van der Waals surface area contributed by atoms with Gasteiger partial charge in [-0.15, -0.1) is 12.4 Å². The average molecular weight is 311 g/mol. The van der Waals surface area contributed by atoms with E-state index in [1.165, 1.54) is 30.4 Å². The number of amides is 1. The highest BCUT2D eigenvalue weighted by molar-refractivity contribution is 5.85. The molecule has 1 aromatic rings. The fourth-order valence-corrected chi connectivity index (χ4v) is 3.36. The fourth-order valence-electron chi connectivity index (χ4n) is 3.36. The van der Waals surface area contributed by atoms with E-state index in [9.17, 15) is 4.79 Å². The van der Waals surface area contributed by atoms with E-state index in [4.69, 9.17) is 5.73 Å². The SMILES string of the molecule is Cc1ccccc1C1(CNC(=O)[C@H](C)N)CCCCC1.Cl. The van der Waals surface area contributed by atoms with Crippen molar-refractivity contribution >= 4 is 18.3 Å². The van der Waals surface area contributed by atoms with Crippen LogP contribution in [0.15, 0.2) is 24.3 Å². The average Bonchev–Trinajstić information content (AvgIpc) is 2.46. The minimum absolute atomic E-state index is 0. The quantitative estimate of drug-likeness (QED) is 0.898. The van der Waals surface area contributed by atoms with Gasteiger partial charge in [0.2, 0.25) is 5.91 Å². The van der Waals surface area contributed by atoms with Gasteiger partial charge in [-0.05, 0) is 37.8 Å². The number of nitrogens with one attached hydrogen (secondary N) is 1. The first kappa shape index (κ1) is 18.0. The van der Waals surface area contributed by atoms with Gasteiger partial charge in [-0.3, -0.25) is 4.79 Å². The zero-order valence-corrected chi connectivity index (χ0v) is 13.8. The van der Waals surface area contributed by atoms with Gasteiger partial charge in [0, 0.05) is 12.0 Å². The van der Waals surface area contributed by atoms with Crippen LogP contribution in [-0.2, 0) is 10.2 Å². The molecule has 1 atom stereocenters. The first-order valence-corrected chi connectivity index (χ1v) is 7.65. The van der Waals surface area contributed by atoms with E-state index in [1.54, 1.807) is 6.92 Å². The molecule has 0 aliphatic heterocycles. The predicted molar refractivity (Wildman–Crippen MR) is 89.8 cm³/mol. The third-order valence-electron chi connectivity index (χ3n) is 4.54. The summed E-state index contributed by atoms with van der Waals surface area (Å²) in [6.07, 6.45) is 6.08. The largest absolute Gasteiger partial charge is 0.354 e. The molecule has 4 heteroatoms. The summed E-state index contributed by atoms with van der Waals surface area (Å²) in [6, 6.07) is 8.13. The second-order valence-electron chi connectivity index (χ2n) is 6.16. The number of aryl methyl sites for hydroxylation is 1. The van der Waals surface area contributed by atoms with Crippen LogP contribution in [0.25, 0.3) is 0 Å². The highest BCUT2D eigenvalue weighted by Crippen LogP contribution is 2.40. The van der Waals surface area contributed by atoms with E-state index in [0.29, 0.717) is 6.54 Å². The number of rotatable bonds is 4. The Morgan fingerprint density at radius 1 is 1.29 bits per heavy atom. The Hall–Kier alpha value is -1.06. The van der Waals surface area contributed by atoms with Crippen molar-refractivity contribution in [3.63, 3.8) is 0 Å². The molecule has 3 nitrogen and oxygen atoms in total. The minimum Gasteiger partial charge on any atom is -0.354 e. The molecule has 0 spiro atoms. The number of carbonyl (C=O) groups excluding carboxylic acids is 1. The van der Waals surface area contributed by atoms with Crippen LogP contribution in [0, 0.1) is 6.92 Å². The molecule has 1 aliphatic rings. The van der Waals surface area contributed by atoms with Gasteiger partial charge < -0.3 is 11.1 Å². The molecule has 21 heavy (non-hydrogen) atoms. The van der Waals surface area contributed by atoms with Gasteiger partial charge in [-0.25, -0.2) is 0 Å². The van der Waals surface area contributed by atoms with Crippen LogP contribution >= 0.6 is 12.4 Å². The first-order valence-electron chi connectivity index (χ1n) is 7.65. The molecule has 1 saturated carbocycles. The number of hydrogen-bond acceptors (Lipinski definition) is 2. The highest BCUT2D eigenvalue weighted by atomic mass is 35.5. The van der Waals surface area contributed by atoms with Crippen LogP contribution in [0.2, 0.25) is 0 Å². The Labute approximate surface area is 134 Å². The molecule has 0 saturated heterocycles. The van der Waals surface area contributed by atoms with Crippen molar-refractivity contribution in [1.29, 1.82) is 0 Å². The van der Waals surface area contributed by atoms with Crippen LogP contribution in [0.1, 0.15) is 50.2 Å². The maximum atomic E-state index is 11.8. The Morgan fingerprint density at radius 3 is 2.48 bits per heavy atom. The van der Waals surface area contributed by atoms with Gasteiger partial charge >= 0.3 is 0 Å². The lowest BCUT2D eigenvalue weighted by atomic mass is 9.68. The first-order chi connectivity index (χ1) is 9.55. The van der Waals surface area contributed by atoms with Gasteiger partial charge in [0.05, 0.1) is 6.04 Å². The monoisotopic (exact) mass is 310 g/mol. The molecular formula is C17H27ClN2O. The molecule has 1 fully saturated rings. The summed E-state index contributed by atoms with van der Waals surface area (Å²) >= 11 is 0. The number of carbonyl (C=O) groups is 1. The Kier molecular flexibility index (Phi) is 6.69. The van der Waals surface area contributed by atoms with Crippen molar-refractivity contribution in [3.05, 3.63) is 35.4 Å². The van der Waals surface area contributed by atoms with E-state index in [2.05, 4.69) is 36.5 Å². The second-order valence-corrected chi connectivity index (χ2v) is 6.16. The summed E-state index contributed by atoms with van der Waals surface area (Å²) in [6.45, 7) is 4.61. The van der Waals surface area contributed by atoms with E-state index >= 15 is 0 Å². The van der Waals surface area contributed by atoms with Gasteiger partial charge in [0.15, 0.2) is 0 Å². The molecule has 1 aromatic carbocycles. The summed E-state index contributed by atoms with van der Waals surface area (Å²) in [7, 11) is 0. The topological polar surface area (TPSA) is 55.1 Å². The van der Waals surface area contributed by atoms with Crippen LogP contribution in [0.5, 0.6) is 0 Å². The van der Waals surface area contributed by atoms with Crippen molar-refractivity contribution in [2.45, 2.75) is 57.4 Å². The maximum absolute atomic E-state index is 11.8. The lowest BCUT2D eigenvalue weighted by Gasteiger charge is -2.39. The second kappa shape index (κ2) is 7.81. The molecule has 0 unspecified atom stereocenters. The molecule has 2 rings (SSSR count). The third-order valence-corrected chi connectivity index (χ3v) is 4.54. The summed E-state index contributed by atoms with van der Waals surface area (Å²) < 4.78 is 0. The van der Waals surface area contributed by atoms with Gasteiger partial charge in [0.1, 0.15) is 0 Å². The summed E-state index contributed by atoms with van der Waals surface area (Å²) in [5.41, 5.74) is 8.46. The van der Waals surface area contributed by atoms with Crippen LogP contribution < -0.4 is 11.1 Å². The van der Waals surface area contributed by atoms with E-state index < -0.39 is 6.04 Å². The van der Waals surface area contributed by atoms with Crippen molar-refractivity contribution in [3.8, 4) is 0 Å². The number of benzene rings is 1. The van der Waals surface area contributed by atoms with Gasteiger partial charge in [-0.1, -0.05) is 43.5 Å². The number of hydrogen-bond donors (Lipinski definition) is 2. The van der Waals surface area contributed by atoms with Crippen LogP contribution in [-0.4, -0.2) is 18.5 Å². The predicted octanol–water partition coefficient (Wildman–Crippen LogP) is 3.08. The normalized spacial score (nSPS) is 18.4. The molecule has 1 amide bonds. The fraction of sp³-hybridized carbons (Fsp3) is 0.588. The van der Waals surface area contributed by atoms with Crippen molar-refractivity contribution in [2.24, 2.45) is 5.73 Å². The highest BCUT2D eigenvalue weighted by Gasteiger charge is 2.35. The van der Waals surface area contributed by atoms with Crippen molar-refractivity contribution < 1.29 is 4.79 Å². The Morgan fingerprint density at radius 2 is 1.90 bits per heavy atom. The van der Waals surface area contributed by atoms with Crippen LogP contribution in [0.3, 0.4) is 0 Å². The molecule has 0 aromatic heterocycles. The molecule has 0 bridgehead atoms. The molecule has 0 heterocycles. The number of nitrogens with two attached hydrogens (primary N) is 1. The lowest BCUT2D eigenvalue weighted by molar-refractivity contribution is -0.122. The smallest absolute Gasteiger partial charge is 0.236 e. The zero-order valence-electron chi connectivity index (χ0n) is 13.0. The standard InChI is InChI=1S/C17H26N2O.ClH/c1-13-8-4-5-9-15(13)17(10-6-3-7-11-17)12-19-16(20)14(2)18;/h4-5,8-9,14H,3,6-7,10-12,18H2,1-2H3,(H,19,20);1H/t14-;/m0./s1. The van der Waals surface area contributed by atoms with Crippen molar-refractivity contribution in [2.75, 3.05) is 6.54 Å². The molecule has 3 N–H and O–H groups in total. The summed E-state index contributed by atoms with van der Waals surface area (Å²) in [5.74, 6) is -0.0523. The molecule has 1 aliphatic carbocycles. The molecular weight excluding hydrogens is 284 g/mol. The lowest BCUT2D eigenvalue weighted by Crippen LogP contribution is -2.47. The van der Waals surface area contributed by atoms with Crippen LogP contribution in [0.4, 0.5) is 0 Å².